The number of carbonyl (C=O) groups excluding carboxylic acids is 1. The van der Waals surface area contributed by atoms with Gasteiger partial charge in [0.2, 0.25) is 0 Å². The van der Waals surface area contributed by atoms with Gasteiger partial charge in [0.05, 0.1) is 15.0 Å². The molecule has 1 N–H and O–H groups in total. The zero-order chi connectivity index (χ0) is 15.4. The molecule has 0 atom stereocenters. The highest BCUT2D eigenvalue weighted by Crippen LogP contribution is 2.18. The largest absolute Gasteiger partial charge is 0.348 e. The first-order chi connectivity index (χ1) is 9.99. The summed E-state index contributed by atoms with van der Waals surface area (Å²) in [4.78, 5) is 21.9. The summed E-state index contributed by atoms with van der Waals surface area (Å²) in [6.45, 7) is 0.156. The van der Waals surface area contributed by atoms with Crippen LogP contribution in [0.4, 0.5) is 10.1 Å². The van der Waals surface area contributed by atoms with Crippen molar-refractivity contribution in [2.75, 3.05) is 0 Å². The van der Waals surface area contributed by atoms with E-state index in [2.05, 4.69) is 21.2 Å². The van der Waals surface area contributed by atoms with Crippen LogP contribution in [0.25, 0.3) is 0 Å². The van der Waals surface area contributed by atoms with Gasteiger partial charge in [0.15, 0.2) is 0 Å². The fourth-order valence-corrected chi connectivity index (χ4v) is 2.06. The van der Waals surface area contributed by atoms with Crippen molar-refractivity contribution in [2.45, 2.75) is 6.54 Å². The summed E-state index contributed by atoms with van der Waals surface area (Å²) in [5.41, 5.74) is 0.596. The van der Waals surface area contributed by atoms with Crippen LogP contribution in [-0.4, -0.2) is 10.8 Å². The second-order valence-corrected chi connectivity index (χ2v) is 5.06. The highest BCUT2D eigenvalue weighted by atomic mass is 79.9. The Labute approximate surface area is 128 Å². The predicted molar refractivity (Wildman–Crippen MR) is 78.4 cm³/mol. The van der Waals surface area contributed by atoms with E-state index in [1.54, 1.807) is 6.07 Å². The van der Waals surface area contributed by atoms with Crippen LogP contribution in [0.15, 0.2) is 46.9 Å². The molecule has 0 unspecified atom stereocenters. The van der Waals surface area contributed by atoms with E-state index < -0.39 is 16.6 Å². The smallest absolute Gasteiger partial charge is 0.269 e. The highest BCUT2D eigenvalue weighted by molar-refractivity contribution is 9.10. The number of rotatable bonds is 4. The molecule has 0 radical (unpaired) electrons. The van der Waals surface area contributed by atoms with Gasteiger partial charge in [-0.2, -0.15) is 0 Å². The van der Waals surface area contributed by atoms with Crippen molar-refractivity contribution < 1.29 is 14.1 Å². The number of hydrogen-bond acceptors (Lipinski definition) is 3. The topological polar surface area (TPSA) is 72.2 Å². The van der Waals surface area contributed by atoms with Crippen LogP contribution in [0.3, 0.4) is 0 Å². The molecule has 0 fully saturated rings. The van der Waals surface area contributed by atoms with Crippen molar-refractivity contribution in [2.24, 2.45) is 0 Å². The maximum atomic E-state index is 13.7. The summed E-state index contributed by atoms with van der Waals surface area (Å²) in [5, 5.41) is 13.1. The summed E-state index contributed by atoms with van der Waals surface area (Å²) in [7, 11) is 0. The molecule has 0 saturated heterocycles. The summed E-state index contributed by atoms with van der Waals surface area (Å²) in [6, 6.07) is 10.2. The summed E-state index contributed by atoms with van der Waals surface area (Å²) in [5.74, 6) is -1.18. The van der Waals surface area contributed by atoms with Crippen molar-refractivity contribution in [3.05, 3.63) is 74.0 Å². The van der Waals surface area contributed by atoms with E-state index in [-0.39, 0.29) is 22.3 Å². The van der Waals surface area contributed by atoms with Gasteiger partial charge in [0.1, 0.15) is 5.82 Å². The maximum Gasteiger partial charge on any atom is 0.269 e. The molecule has 0 aliphatic heterocycles. The number of benzene rings is 2. The van der Waals surface area contributed by atoms with Gasteiger partial charge >= 0.3 is 0 Å². The second kappa shape index (κ2) is 6.45. The average Bonchev–Trinajstić information content (AvgIpc) is 2.48. The monoisotopic (exact) mass is 352 g/mol. The average molecular weight is 353 g/mol. The number of nitrogens with zero attached hydrogens (tertiary/aromatic N) is 1. The third-order valence-corrected chi connectivity index (χ3v) is 3.41. The number of nitro benzene ring substituents is 1. The van der Waals surface area contributed by atoms with Crippen LogP contribution in [0.1, 0.15) is 15.9 Å². The van der Waals surface area contributed by atoms with E-state index >= 15 is 0 Å². The van der Waals surface area contributed by atoms with Crippen molar-refractivity contribution >= 4 is 27.5 Å². The first-order valence-electron chi connectivity index (χ1n) is 5.94. The molecular formula is C14H10BrFN2O3. The number of amides is 1. The van der Waals surface area contributed by atoms with Crippen molar-refractivity contribution in [3.63, 3.8) is 0 Å². The molecule has 0 saturated carbocycles. The molecular weight excluding hydrogens is 343 g/mol. The molecule has 7 heteroatoms. The number of carbonyl (C=O) groups is 1. The van der Waals surface area contributed by atoms with Crippen LogP contribution in [0.5, 0.6) is 0 Å². The molecule has 2 rings (SSSR count). The molecule has 21 heavy (non-hydrogen) atoms. The molecule has 1 amide bonds. The van der Waals surface area contributed by atoms with Crippen LogP contribution < -0.4 is 5.32 Å². The van der Waals surface area contributed by atoms with Crippen LogP contribution in [0.2, 0.25) is 0 Å². The Morgan fingerprint density at radius 2 is 1.90 bits per heavy atom. The van der Waals surface area contributed by atoms with Crippen molar-refractivity contribution in [3.8, 4) is 0 Å². The van der Waals surface area contributed by atoms with Gasteiger partial charge in [-0.3, -0.25) is 14.9 Å². The Kier molecular flexibility index (Phi) is 4.64. The second-order valence-electron chi connectivity index (χ2n) is 4.21. The molecule has 0 spiro atoms. The van der Waals surface area contributed by atoms with Gasteiger partial charge in [-0.1, -0.05) is 18.2 Å². The van der Waals surface area contributed by atoms with E-state index in [4.69, 9.17) is 0 Å². The minimum atomic E-state index is -0.626. The first-order valence-corrected chi connectivity index (χ1v) is 6.74. The lowest BCUT2D eigenvalue weighted by atomic mass is 10.1. The minimum absolute atomic E-state index is 0.0249. The Balaban J connectivity index is 2.04. The number of nitro groups is 1. The molecule has 2 aromatic carbocycles. The van der Waals surface area contributed by atoms with Gasteiger partial charge < -0.3 is 5.32 Å². The summed E-state index contributed by atoms with van der Waals surface area (Å²) in [6.07, 6.45) is 0. The molecule has 108 valence electrons. The number of halogens is 2. The highest BCUT2D eigenvalue weighted by Gasteiger charge is 2.13. The van der Waals surface area contributed by atoms with E-state index in [1.165, 1.54) is 36.4 Å². The first kappa shape index (κ1) is 15.1. The van der Waals surface area contributed by atoms with Gasteiger partial charge in [0, 0.05) is 18.7 Å². The van der Waals surface area contributed by atoms with Gasteiger partial charge in [-0.15, -0.1) is 0 Å². The standard InChI is InChI=1S/C14H10BrFN2O3/c15-12-3-1-2-11(13(12)16)14(19)17-8-9-4-6-10(7-5-9)18(20)21/h1-7H,8H2,(H,17,19). The predicted octanol–water partition coefficient (Wildman–Crippen LogP) is 3.43. The normalized spacial score (nSPS) is 10.2. The summed E-state index contributed by atoms with van der Waals surface area (Å²) < 4.78 is 14.0. The van der Waals surface area contributed by atoms with Gasteiger partial charge in [-0.25, -0.2) is 4.39 Å². The molecule has 0 aliphatic rings. The lowest BCUT2D eigenvalue weighted by Gasteiger charge is -2.07. The molecule has 0 heterocycles. The fourth-order valence-electron chi connectivity index (χ4n) is 1.69. The number of hydrogen-bond donors (Lipinski definition) is 1. The Morgan fingerprint density at radius 1 is 1.24 bits per heavy atom. The zero-order valence-electron chi connectivity index (χ0n) is 10.7. The van der Waals surface area contributed by atoms with E-state index in [1.807, 2.05) is 0 Å². The quantitative estimate of drug-likeness (QED) is 0.676. The lowest BCUT2D eigenvalue weighted by Crippen LogP contribution is -2.23. The molecule has 5 nitrogen and oxygen atoms in total. The summed E-state index contributed by atoms with van der Waals surface area (Å²) >= 11 is 3.01. The van der Waals surface area contributed by atoms with E-state index in [0.29, 0.717) is 5.56 Å². The van der Waals surface area contributed by atoms with Crippen LogP contribution in [0, 0.1) is 15.9 Å². The third kappa shape index (κ3) is 3.63. The number of nitrogens with one attached hydrogen (secondary N) is 1. The van der Waals surface area contributed by atoms with Crippen LogP contribution >= 0.6 is 15.9 Å². The van der Waals surface area contributed by atoms with Crippen LogP contribution in [-0.2, 0) is 6.54 Å². The van der Waals surface area contributed by atoms with Gasteiger partial charge in [0.25, 0.3) is 11.6 Å². The Hall–Kier alpha value is -2.28. The molecule has 0 aromatic heterocycles. The SMILES string of the molecule is O=C(NCc1ccc([N+](=O)[O-])cc1)c1cccc(Br)c1F. The minimum Gasteiger partial charge on any atom is -0.348 e. The van der Waals surface area contributed by atoms with Crippen molar-refractivity contribution in [1.82, 2.24) is 5.32 Å². The fraction of sp³-hybridized carbons (Fsp3) is 0.0714. The zero-order valence-corrected chi connectivity index (χ0v) is 12.3. The molecule has 2 aromatic rings. The third-order valence-electron chi connectivity index (χ3n) is 2.80. The Morgan fingerprint density at radius 3 is 2.52 bits per heavy atom. The molecule has 0 bridgehead atoms. The van der Waals surface area contributed by atoms with Gasteiger partial charge in [-0.05, 0) is 33.6 Å². The number of non-ortho nitro benzene ring substituents is 1. The van der Waals surface area contributed by atoms with Crippen molar-refractivity contribution in [1.29, 1.82) is 0 Å². The lowest BCUT2D eigenvalue weighted by molar-refractivity contribution is -0.384. The Bertz CT molecular complexity index is 689. The molecule has 0 aliphatic carbocycles. The van der Waals surface area contributed by atoms with E-state index in [0.717, 1.165) is 0 Å². The maximum absolute atomic E-state index is 13.7. The van der Waals surface area contributed by atoms with E-state index in [9.17, 15) is 19.3 Å².